The normalized spacial score (nSPS) is 11.2. The summed E-state index contributed by atoms with van der Waals surface area (Å²) in [4.78, 5) is 16.1. The SMILES string of the molecule is COCCCNc1ccc(C(=O)Nc2ccc(C(F)(F)F)cc2)nc1. The molecule has 0 unspecified atom stereocenters. The standard InChI is InChI=1S/C17H18F3N3O2/c1-25-10-2-9-21-14-7-8-15(22-11-14)16(24)23-13-5-3-12(4-6-13)17(18,19)20/h3-8,11,21H,2,9-10H2,1H3,(H,23,24). The number of anilines is 2. The second-order valence-electron chi connectivity index (χ2n) is 5.23. The van der Waals surface area contributed by atoms with E-state index < -0.39 is 17.6 Å². The van der Waals surface area contributed by atoms with Gasteiger partial charge in [-0.05, 0) is 42.8 Å². The number of rotatable bonds is 7. The fourth-order valence-corrected chi connectivity index (χ4v) is 2.02. The maximum absolute atomic E-state index is 12.5. The number of ether oxygens (including phenoxy) is 1. The molecule has 0 saturated carbocycles. The van der Waals surface area contributed by atoms with Gasteiger partial charge >= 0.3 is 6.18 Å². The van der Waals surface area contributed by atoms with Crippen molar-refractivity contribution in [2.24, 2.45) is 0 Å². The van der Waals surface area contributed by atoms with Crippen LogP contribution < -0.4 is 10.6 Å². The molecule has 8 heteroatoms. The highest BCUT2D eigenvalue weighted by molar-refractivity contribution is 6.02. The molecular formula is C17H18F3N3O2. The molecule has 5 nitrogen and oxygen atoms in total. The largest absolute Gasteiger partial charge is 0.416 e. The Morgan fingerprint density at radius 3 is 2.36 bits per heavy atom. The Balaban J connectivity index is 1.92. The van der Waals surface area contributed by atoms with E-state index in [9.17, 15) is 18.0 Å². The third-order valence-electron chi connectivity index (χ3n) is 3.32. The highest BCUT2D eigenvalue weighted by Crippen LogP contribution is 2.29. The Kier molecular flexibility index (Phi) is 6.35. The Morgan fingerprint density at radius 1 is 1.12 bits per heavy atom. The molecule has 2 N–H and O–H groups in total. The number of pyridine rings is 1. The van der Waals surface area contributed by atoms with E-state index in [0.29, 0.717) is 13.2 Å². The Labute approximate surface area is 143 Å². The second-order valence-corrected chi connectivity index (χ2v) is 5.23. The molecule has 2 aromatic rings. The quantitative estimate of drug-likeness (QED) is 0.743. The number of aromatic nitrogens is 1. The summed E-state index contributed by atoms with van der Waals surface area (Å²) in [6.07, 6.45) is -2.04. The lowest BCUT2D eigenvalue weighted by atomic mass is 10.2. The minimum absolute atomic E-state index is 0.169. The minimum Gasteiger partial charge on any atom is -0.385 e. The van der Waals surface area contributed by atoms with Crippen LogP contribution in [0.5, 0.6) is 0 Å². The lowest BCUT2D eigenvalue weighted by Crippen LogP contribution is -2.14. The molecule has 0 spiro atoms. The number of carbonyl (C=O) groups excluding carboxylic acids is 1. The molecule has 1 heterocycles. The van der Waals surface area contributed by atoms with Crippen LogP contribution >= 0.6 is 0 Å². The fraction of sp³-hybridized carbons (Fsp3) is 0.294. The molecule has 1 amide bonds. The van der Waals surface area contributed by atoms with Crippen molar-refractivity contribution in [3.05, 3.63) is 53.9 Å². The van der Waals surface area contributed by atoms with Crippen molar-refractivity contribution >= 4 is 17.3 Å². The maximum atomic E-state index is 12.5. The topological polar surface area (TPSA) is 63.2 Å². The molecule has 1 aromatic carbocycles. The third kappa shape index (κ3) is 5.75. The Bertz CT molecular complexity index is 686. The maximum Gasteiger partial charge on any atom is 0.416 e. The van der Waals surface area contributed by atoms with Gasteiger partial charge in [0, 0.05) is 25.9 Å². The first-order valence-corrected chi connectivity index (χ1v) is 7.57. The summed E-state index contributed by atoms with van der Waals surface area (Å²) in [5.41, 5.74) is 0.429. The molecule has 0 aliphatic heterocycles. The zero-order chi connectivity index (χ0) is 18.3. The zero-order valence-corrected chi connectivity index (χ0v) is 13.6. The summed E-state index contributed by atoms with van der Waals surface area (Å²) >= 11 is 0. The van der Waals surface area contributed by atoms with Crippen LogP contribution in [-0.4, -0.2) is 31.2 Å². The van der Waals surface area contributed by atoms with Crippen molar-refractivity contribution in [2.45, 2.75) is 12.6 Å². The van der Waals surface area contributed by atoms with E-state index in [4.69, 9.17) is 4.74 Å². The van der Waals surface area contributed by atoms with Crippen LogP contribution in [0.1, 0.15) is 22.5 Å². The molecule has 0 atom stereocenters. The van der Waals surface area contributed by atoms with Gasteiger partial charge in [-0.3, -0.25) is 4.79 Å². The fourth-order valence-electron chi connectivity index (χ4n) is 2.02. The van der Waals surface area contributed by atoms with E-state index in [-0.39, 0.29) is 11.4 Å². The molecule has 0 aliphatic carbocycles. The van der Waals surface area contributed by atoms with Gasteiger partial charge in [-0.25, -0.2) is 4.98 Å². The number of methoxy groups -OCH3 is 1. The lowest BCUT2D eigenvalue weighted by molar-refractivity contribution is -0.137. The van der Waals surface area contributed by atoms with Crippen LogP contribution in [0.25, 0.3) is 0 Å². The number of hydrogen-bond donors (Lipinski definition) is 2. The van der Waals surface area contributed by atoms with Crippen LogP contribution in [0.3, 0.4) is 0 Å². The molecule has 0 fully saturated rings. The van der Waals surface area contributed by atoms with Crippen molar-refractivity contribution in [3.8, 4) is 0 Å². The lowest BCUT2D eigenvalue weighted by Gasteiger charge is -2.09. The molecule has 2 rings (SSSR count). The predicted octanol–water partition coefficient (Wildman–Crippen LogP) is 3.80. The summed E-state index contributed by atoms with van der Waals surface area (Å²) in [6, 6.07) is 7.48. The van der Waals surface area contributed by atoms with Crippen molar-refractivity contribution in [2.75, 3.05) is 30.9 Å². The molecule has 0 radical (unpaired) electrons. The average Bonchev–Trinajstić information content (AvgIpc) is 2.59. The predicted molar refractivity (Wildman–Crippen MR) is 88.6 cm³/mol. The summed E-state index contributed by atoms with van der Waals surface area (Å²) in [6.45, 7) is 1.36. The second kappa shape index (κ2) is 8.48. The first kappa shape index (κ1) is 18.7. The van der Waals surface area contributed by atoms with E-state index in [1.54, 1.807) is 13.2 Å². The highest BCUT2D eigenvalue weighted by Gasteiger charge is 2.30. The first-order valence-electron chi connectivity index (χ1n) is 7.57. The van der Waals surface area contributed by atoms with Crippen molar-refractivity contribution in [1.29, 1.82) is 0 Å². The van der Waals surface area contributed by atoms with E-state index in [1.165, 1.54) is 24.4 Å². The Morgan fingerprint density at radius 2 is 1.80 bits per heavy atom. The van der Waals surface area contributed by atoms with E-state index in [0.717, 1.165) is 24.2 Å². The number of amides is 1. The van der Waals surface area contributed by atoms with E-state index >= 15 is 0 Å². The molecule has 0 bridgehead atoms. The zero-order valence-electron chi connectivity index (χ0n) is 13.6. The van der Waals surface area contributed by atoms with Crippen LogP contribution in [-0.2, 0) is 10.9 Å². The monoisotopic (exact) mass is 353 g/mol. The van der Waals surface area contributed by atoms with Crippen molar-refractivity contribution in [1.82, 2.24) is 4.98 Å². The number of nitrogens with one attached hydrogen (secondary N) is 2. The van der Waals surface area contributed by atoms with Gasteiger partial charge in [0.1, 0.15) is 5.69 Å². The molecule has 25 heavy (non-hydrogen) atoms. The van der Waals surface area contributed by atoms with Gasteiger partial charge in [0.15, 0.2) is 0 Å². The van der Waals surface area contributed by atoms with Gasteiger partial charge in [0.25, 0.3) is 5.91 Å². The van der Waals surface area contributed by atoms with Crippen LogP contribution in [0.15, 0.2) is 42.6 Å². The number of nitrogens with zero attached hydrogens (tertiary/aromatic N) is 1. The first-order chi connectivity index (χ1) is 11.9. The van der Waals surface area contributed by atoms with Crippen molar-refractivity contribution in [3.63, 3.8) is 0 Å². The van der Waals surface area contributed by atoms with Gasteiger partial charge < -0.3 is 15.4 Å². The van der Waals surface area contributed by atoms with Gasteiger partial charge in [-0.1, -0.05) is 0 Å². The van der Waals surface area contributed by atoms with Crippen molar-refractivity contribution < 1.29 is 22.7 Å². The summed E-state index contributed by atoms with van der Waals surface area (Å²) in [5, 5.41) is 5.65. The van der Waals surface area contributed by atoms with Gasteiger partial charge in [-0.15, -0.1) is 0 Å². The smallest absolute Gasteiger partial charge is 0.385 e. The molecule has 1 aromatic heterocycles. The molecule has 0 saturated heterocycles. The highest BCUT2D eigenvalue weighted by atomic mass is 19.4. The number of alkyl halides is 3. The molecule has 134 valence electrons. The van der Waals surface area contributed by atoms with Gasteiger partial charge in [-0.2, -0.15) is 13.2 Å². The Hall–Kier alpha value is -2.61. The average molecular weight is 353 g/mol. The van der Waals surface area contributed by atoms with E-state index in [2.05, 4.69) is 15.6 Å². The van der Waals surface area contributed by atoms with Gasteiger partial charge in [0.05, 0.1) is 17.4 Å². The van der Waals surface area contributed by atoms with Crippen LogP contribution in [0.4, 0.5) is 24.5 Å². The van der Waals surface area contributed by atoms with Crippen LogP contribution in [0, 0.1) is 0 Å². The van der Waals surface area contributed by atoms with Crippen LogP contribution in [0.2, 0.25) is 0 Å². The third-order valence-corrected chi connectivity index (χ3v) is 3.32. The number of carbonyl (C=O) groups is 1. The minimum atomic E-state index is -4.41. The van der Waals surface area contributed by atoms with E-state index in [1.807, 2.05) is 0 Å². The summed E-state index contributed by atoms with van der Waals surface area (Å²) in [5.74, 6) is -0.495. The summed E-state index contributed by atoms with van der Waals surface area (Å²) in [7, 11) is 1.63. The molecular weight excluding hydrogens is 335 g/mol. The number of halogens is 3. The summed E-state index contributed by atoms with van der Waals surface area (Å²) < 4.78 is 42.5. The molecule has 0 aliphatic rings. The number of hydrogen-bond acceptors (Lipinski definition) is 4. The number of benzene rings is 1. The van der Waals surface area contributed by atoms with Gasteiger partial charge in [0.2, 0.25) is 0 Å².